The van der Waals surface area contributed by atoms with E-state index in [0.29, 0.717) is 6.67 Å². The van der Waals surface area contributed by atoms with Gasteiger partial charge in [0, 0.05) is 18.4 Å². The van der Waals surface area contributed by atoms with Gasteiger partial charge in [-0.25, -0.2) is 8.42 Å². The molecule has 0 aliphatic carbocycles. The van der Waals surface area contributed by atoms with Gasteiger partial charge in [0.15, 0.2) is 0 Å². The average molecular weight is 227 g/mol. The van der Waals surface area contributed by atoms with Crippen LogP contribution < -0.4 is 9.62 Å². The molecule has 0 bridgehead atoms. The maximum Gasteiger partial charge on any atom is 0.245 e. The van der Waals surface area contributed by atoms with Gasteiger partial charge in [-0.05, 0) is 19.9 Å². The van der Waals surface area contributed by atoms with E-state index in [1.807, 2.05) is 18.7 Å². The van der Waals surface area contributed by atoms with Crippen molar-refractivity contribution in [3.8, 4) is 0 Å². The van der Waals surface area contributed by atoms with Gasteiger partial charge in [0.05, 0.1) is 12.4 Å². The minimum atomic E-state index is -3.36. The SMILES string of the molecule is CC(C)N1CNS(=O)(=O)c2cnccc21. The van der Waals surface area contributed by atoms with E-state index < -0.39 is 10.0 Å². The molecule has 1 aromatic heterocycles. The molecule has 0 spiro atoms. The summed E-state index contributed by atoms with van der Waals surface area (Å²) in [5, 5.41) is 0. The first-order chi connectivity index (χ1) is 7.02. The van der Waals surface area contributed by atoms with Crippen LogP contribution >= 0.6 is 0 Å². The number of hydrogen-bond acceptors (Lipinski definition) is 4. The zero-order chi connectivity index (χ0) is 11.1. The van der Waals surface area contributed by atoms with E-state index in [0.717, 1.165) is 5.69 Å². The molecular weight excluding hydrogens is 214 g/mol. The molecule has 0 amide bonds. The molecule has 82 valence electrons. The van der Waals surface area contributed by atoms with Gasteiger partial charge < -0.3 is 4.90 Å². The van der Waals surface area contributed by atoms with Crippen LogP contribution in [0.3, 0.4) is 0 Å². The lowest BCUT2D eigenvalue weighted by atomic mass is 10.3. The van der Waals surface area contributed by atoms with Crippen LogP contribution in [0.15, 0.2) is 23.4 Å². The average Bonchev–Trinajstić information content (AvgIpc) is 2.17. The van der Waals surface area contributed by atoms with Gasteiger partial charge >= 0.3 is 0 Å². The van der Waals surface area contributed by atoms with Crippen molar-refractivity contribution in [1.29, 1.82) is 0 Å². The van der Waals surface area contributed by atoms with Crippen molar-refractivity contribution < 1.29 is 8.42 Å². The van der Waals surface area contributed by atoms with Crippen LogP contribution in [0.2, 0.25) is 0 Å². The minimum absolute atomic E-state index is 0.245. The quantitative estimate of drug-likeness (QED) is 0.761. The molecule has 1 aliphatic rings. The minimum Gasteiger partial charge on any atom is -0.354 e. The Hall–Kier alpha value is -1.14. The molecule has 0 radical (unpaired) electrons. The van der Waals surface area contributed by atoms with Gasteiger partial charge in [-0.15, -0.1) is 0 Å². The third-order valence-electron chi connectivity index (χ3n) is 2.41. The lowest BCUT2D eigenvalue weighted by molar-refractivity contribution is 0.560. The second kappa shape index (κ2) is 3.46. The molecule has 0 saturated carbocycles. The Balaban J connectivity index is 2.59. The third kappa shape index (κ3) is 1.70. The van der Waals surface area contributed by atoms with Gasteiger partial charge in [0.25, 0.3) is 0 Å². The highest BCUT2D eigenvalue weighted by Crippen LogP contribution is 2.28. The maximum absolute atomic E-state index is 11.7. The molecule has 6 heteroatoms. The number of nitrogens with one attached hydrogen (secondary N) is 1. The Bertz CT molecular complexity index is 470. The normalized spacial score (nSPS) is 19.0. The Morgan fingerprint density at radius 3 is 2.93 bits per heavy atom. The largest absolute Gasteiger partial charge is 0.354 e. The summed E-state index contributed by atoms with van der Waals surface area (Å²) in [5.41, 5.74) is 0.721. The Morgan fingerprint density at radius 1 is 1.53 bits per heavy atom. The van der Waals surface area contributed by atoms with E-state index in [1.54, 1.807) is 12.3 Å². The van der Waals surface area contributed by atoms with Crippen molar-refractivity contribution in [2.45, 2.75) is 24.8 Å². The Labute approximate surface area is 89.2 Å². The summed E-state index contributed by atoms with van der Waals surface area (Å²) in [5.74, 6) is 0. The van der Waals surface area contributed by atoms with E-state index in [1.165, 1.54) is 6.20 Å². The number of sulfonamides is 1. The predicted octanol–water partition coefficient (Wildman–Crippen LogP) is 0.546. The molecule has 5 nitrogen and oxygen atoms in total. The first kappa shape index (κ1) is 10.4. The standard InChI is InChI=1S/C9H13N3O2S/c1-7(2)12-6-11-15(13,14)9-5-10-4-3-8(9)12/h3-5,7,11H,6H2,1-2H3. The Morgan fingerprint density at radius 2 is 2.27 bits per heavy atom. The molecule has 15 heavy (non-hydrogen) atoms. The van der Waals surface area contributed by atoms with Crippen molar-refractivity contribution >= 4 is 15.7 Å². The lowest BCUT2D eigenvalue weighted by Gasteiger charge is -2.34. The number of rotatable bonds is 1. The number of hydrogen-bond donors (Lipinski definition) is 1. The van der Waals surface area contributed by atoms with Crippen LogP contribution in [0.25, 0.3) is 0 Å². The zero-order valence-corrected chi connectivity index (χ0v) is 9.45. The molecule has 0 atom stereocenters. The van der Waals surface area contributed by atoms with Gasteiger partial charge in [-0.1, -0.05) is 0 Å². The second-order valence-electron chi connectivity index (χ2n) is 3.71. The van der Waals surface area contributed by atoms with E-state index in [2.05, 4.69) is 9.71 Å². The molecule has 2 rings (SSSR count). The van der Waals surface area contributed by atoms with Crippen LogP contribution in [0, 0.1) is 0 Å². The van der Waals surface area contributed by atoms with Crippen LogP contribution in [-0.2, 0) is 10.0 Å². The fourth-order valence-electron chi connectivity index (χ4n) is 1.60. The fourth-order valence-corrected chi connectivity index (χ4v) is 2.72. The monoisotopic (exact) mass is 227 g/mol. The number of aromatic nitrogens is 1. The van der Waals surface area contributed by atoms with Gasteiger partial charge in [-0.3, -0.25) is 4.98 Å². The van der Waals surface area contributed by atoms with Crippen LogP contribution in [0.5, 0.6) is 0 Å². The molecule has 0 unspecified atom stereocenters. The first-order valence-corrected chi connectivity index (χ1v) is 6.21. The molecule has 0 aromatic carbocycles. The lowest BCUT2D eigenvalue weighted by Crippen LogP contribution is -2.46. The summed E-state index contributed by atoms with van der Waals surface area (Å²) in [6.45, 7) is 4.35. The van der Waals surface area contributed by atoms with Crippen LogP contribution in [-0.4, -0.2) is 26.1 Å². The number of fused-ring (bicyclic) bond motifs is 1. The highest BCUT2D eigenvalue weighted by Gasteiger charge is 2.28. The smallest absolute Gasteiger partial charge is 0.245 e. The van der Waals surface area contributed by atoms with Crippen molar-refractivity contribution in [2.75, 3.05) is 11.6 Å². The topological polar surface area (TPSA) is 62.3 Å². The number of anilines is 1. The van der Waals surface area contributed by atoms with Crippen molar-refractivity contribution in [3.05, 3.63) is 18.5 Å². The highest BCUT2D eigenvalue weighted by molar-refractivity contribution is 7.89. The van der Waals surface area contributed by atoms with Crippen LogP contribution in [0.4, 0.5) is 5.69 Å². The summed E-state index contributed by atoms with van der Waals surface area (Å²) in [7, 11) is -3.36. The summed E-state index contributed by atoms with van der Waals surface area (Å²) in [6, 6.07) is 1.97. The molecule has 1 aliphatic heterocycles. The highest BCUT2D eigenvalue weighted by atomic mass is 32.2. The number of nitrogens with zero attached hydrogens (tertiary/aromatic N) is 2. The van der Waals surface area contributed by atoms with E-state index in [-0.39, 0.29) is 10.9 Å². The second-order valence-corrected chi connectivity index (χ2v) is 5.45. The molecule has 2 heterocycles. The van der Waals surface area contributed by atoms with Crippen LogP contribution in [0.1, 0.15) is 13.8 Å². The van der Waals surface area contributed by atoms with Gasteiger partial charge in [0.2, 0.25) is 10.0 Å². The van der Waals surface area contributed by atoms with Gasteiger partial charge in [-0.2, -0.15) is 4.72 Å². The number of pyridine rings is 1. The summed E-state index contributed by atoms with van der Waals surface area (Å²) in [4.78, 5) is 6.08. The van der Waals surface area contributed by atoms with Crippen molar-refractivity contribution in [3.63, 3.8) is 0 Å². The molecular formula is C9H13N3O2S. The molecule has 0 saturated heterocycles. The van der Waals surface area contributed by atoms with Crippen molar-refractivity contribution in [1.82, 2.24) is 9.71 Å². The fraction of sp³-hybridized carbons (Fsp3) is 0.444. The van der Waals surface area contributed by atoms with Gasteiger partial charge in [0.1, 0.15) is 4.90 Å². The van der Waals surface area contributed by atoms with E-state index in [9.17, 15) is 8.42 Å². The van der Waals surface area contributed by atoms with E-state index >= 15 is 0 Å². The van der Waals surface area contributed by atoms with E-state index in [4.69, 9.17) is 0 Å². The molecule has 1 N–H and O–H groups in total. The molecule has 0 fully saturated rings. The Kier molecular flexibility index (Phi) is 2.40. The third-order valence-corrected chi connectivity index (χ3v) is 3.81. The molecule has 1 aromatic rings. The van der Waals surface area contributed by atoms with Crippen molar-refractivity contribution in [2.24, 2.45) is 0 Å². The maximum atomic E-state index is 11.7. The zero-order valence-electron chi connectivity index (χ0n) is 8.64. The predicted molar refractivity (Wildman–Crippen MR) is 57.0 cm³/mol. The summed E-state index contributed by atoms with van der Waals surface area (Å²) < 4.78 is 25.8. The summed E-state index contributed by atoms with van der Waals surface area (Å²) in [6.07, 6.45) is 2.99. The summed E-state index contributed by atoms with van der Waals surface area (Å²) >= 11 is 0. The first-order valence-electron chi connectivity index (χ1n) is 4.72.